The van der Waals surface area contributed by atoms with Gasteiger partial charge in [-0.15, -0.1) is 0 Å². The Balaban J connectivity index is 1.31. The molecule has 6 heteroatoms. The van der Waals surface area contributed by atoms with Crippen molar-refractivity contribution in [3.63, 3.8) is 0 Å². The van der Waals surface area contributed by atoms with Crippen molar-refractivity contribution >= 4 is 23.5 Å². The Bertz CT molecular complexity index is 1480. The molecular formula is C32H25NO5. The van der Waals surface area contributed by atoms with Crippen molar-refractivity contribution < 1.29 is 24.2 Å². The minimum Gasteiger partial charge on any atom is -0.481 e. The number of carbonyl (C=O) groups is 3. The molecule has 1 amide bonds. The van der Waals surface area contributed by atoms with Gasteiger partial charge >= 0.3 is 11.9 Å². The number of hydrogen-bond acceptors (Lipinski definition) is 4. The molecule has 0 aromatic heterocycles. The van der Waals surface area contributed by atoms with Crippen LogP contribution in [0.4, 0.5) is 5.69 Å². The Morgan fingerprint density at radius 3 is 2.00 bits per heavy atom. The van der Waals surface area contributed by atoms with Crippen LogP contribution >= 0.6 is 0 Å². The predicted molar refractivity (Wildman–Crippen MR) is 143 cm³/mol. The number of amides is 1. The molecule has 1 aliphatic carbocycles. The summed E-state index contributed by atoms with van der Waals surface area (Å²) in [6.07, 6.45) is 0.372. The smallest absolute Gasteiger partial charge is 0.315 e. The zero-order valence-electron chi connectivity index (χ0n) is 20.4. The highest BCUT2D eigenvalue weighted by atomic mass is 16.5. The standard InChI is InChI=1S/C32H25NO5/c34-26-18-23-15-14-22(17-25(23)33-26)21-12-7-13-24(16-21)38-32(37)30-27(19-8-3-1-4-9-19)29(31(35)36)28(30)20-10-5-2-6-11-20/h1-17,27-30H,18H2,(H,33,34)(H,35,36)/t27-,28-,29?,30?/m0/s1. The van der Waals surface area contributed by atoms with Crippen molar-refractivity contribution in [1.82, 2.24) is 0 Å². The highest BCUT2D eigenvalue weighted by Gasteiger charge is 2.59. The minimum atomic E-state index is -0.928. The first-order chi connectivity index (χ1) is 18.5. The minimum absolute atomic E-state index is 0.0269. The van der Waals surface area contributed by atoms with Crippen LogP contribution in [0.1, 0.15) is 28.5 Å². The van der Waals surface area contributed by atoms with E-state index in [0.717, 1.165) is 33.5 Å². The van der Waals surface area contributed by atoms with Crippen LogP contribution in [0.3, 0.4) is 0 Å². The lowest BCUT2D eigenvalue weighted by Crippen LogP contribution is -2.52. The number of aliphatic carboxylic acids is 1. The number of esters is 1. The zero-order valence-corrected chi connectivity index (χ0v) is 20.4. The molecule has 2 aliphatic rings. The lowest BCUT2D eigenvalue weighted by molar-refractivity contribution is -0.158. The van der Waals surface area contributed by atoms with Gasteiger partial charge in [0.05, 0.1) is 18.3 Å². The van der Waals surface area contributed by atoms with E-state index in [1.165, 1.54) is 0 Å². The van der Waals surface area contributed by atoms with Crippen molar-refractivity contribution in [1.29, 1.82) is 0 Å². The molecule has 2 N–H and O–H groups in total. The van der Waals surface area contributed by atoms with E-state index >= 15 is 0 Å². The van der Waals surface area contributed by atoms with Crippen LogP contribution in [0.2, 0.25) is 0 Å². The summed E-state index contributed by atoms with van der Waals surface area (Å²) in [6.45, 7) is 0. The first-order valence-corrected chi connectivity index (χ1v) is 12.6. The highest BCUT2D eigenvalue weighted by molar-refractivity contribution is 6.00. The maximum Gasteiger partial charge on any atom is 0.315 e. The number of carbonyl (C=O) groups excluding carboxylic acids is 2. The van der Waals surface area contributed by atoms with E-state index in [-0.39, 0.29) is 5.91 Å². The molecule has 1 saturated carbocycles. The van der Waals surface area contributed by atoms with Crippen molar-refractivity contribution in [3.05, 3.63) is 120 Å². The highest BCUT2D eigenvalue weighted by Crippen LogP contribution is 2.58. The summed E-state index contributed by atoms with van der Waals surface area (Å²) < 4.78 is 5.92. The van der Waals surface area contributed by atoms with Crippen LogP contribution in [0.5, 0.6) is 5.75 Å². The summed E-state index contributed by atoms with van der Waals surface area (Å²) in [7, 11) is 0. The predicted octanol–water partition coefficient (Wildman–Crippen LogP) is 5.65. The summed E-state index contributed by atoms with van der Waals surface area (Å²) in [6, 6.07) is 31.7. The molecule has 2 atom stereocenters. The van der Waals surface area contributed by atoms with Gasteiger partial charge in [0.15, 0.2) is 0 Å². The second-order valence-corrected chi connectivity index (χ2v) is 9.81. The second-order valence-electron chi connectivity index (χ2n) is 9.81. The van der Waals surface area contributed by atoms with Crippen molar-refractivity contribution in [2.75, 3.05) is 5.32 Å². The van der Waals surface area contributed by atoms with Crippen LogP contribution < -0.4 is 10.1 Å². The fraction of sp³-hybridized carbons (Fsp3) is 0.156. The van der Waals surface area contributed by atoms with Gasteiger partial charge in [0.25, 0.3) is 0 Å². The number of carboxylic acids is 1. The second kappa shape index (κ2) is 9.63. The monoisotopic (exact) mass is 503 g/mol. The Labute approximate surface area is 219 Å². The number of rotatable bonds is 6. The average Bonchev–Trinajstić information content (AvgIpc) is 3.28. The molecule has 0 spiro atoms. The maximum atomic E-state index is 13.7. The van der Waals surface area contributed by atoms with Gasteiger partial charge in [0, 0.05) is 17.5 Å². The van der Waals surface area contributed by atoms with E-state index in [1.807, 2.05) is 91.0 Å². The third-order valence-corrected chi connectivity index (χ3v) is 7.59. The molecular weight excluding hydrogens is 478 g/mol. The molecule has 0 radical (unpaired) electrons. The quantitative estimate of drug-likeness (QED) is 0.262. The Morgan fingerprint density at radius 1 is 0.737 bits per heavy atom. The van der Waals surface area contributed by atoms with Crippen LogP contribution in [-0.2, 0) is 20.8 Å². The van der Waals surface area contributed by atoms with Gasteiger partial charge in [-0.25, -0.2) is 0 Å². The molecule has 38 heavy (non-hydrogen) atoms. The summed E-state index contributed by atoms with van der Waals surface area (Å²) in [5.74, 6) is -3.43. The Hall–Kier alpha value is -4.71. The summed E-state index contributed by atoms with van der Waals surface area (Å²) in [5, 5.41) is 13.0. The number of fused-ring (bicyclic) bond motifs is 1. The van der Waals surface area contributed by atoms with Crippen molar-refractivity contribution in [2.45, 2.75) is 18.3 Å². The van der Waals surface area contributed by atoms with E-state index in [9.17, 15) is 19.5 Å². The molecule has 4 aromatic carbocycles. The number of benzene rings is 4. The normalized spacial score (nSPS) is 21.6. The first kappa shape index (κ1) is 23.7. The van der Waals surface area contributed by atoms with Gasteiger partial charge < -0.3 is 15.2 Å². The third kappa shape index (κ3) is 4.24. The molecule has 1 fully saturated rings. The zero-order chi connectivity index (χ0) is 26.2. The Kier molecular flexibility index (Phi) is 6.00. The number of carboxylic acid groups (broad SMARTS) is 1. The van der Waals surface area contributed by atoms with Crippen LogP contribution in [-0.4, -0.2) is 23.0 Å². The molecule has 0 saturated heterocycles. The van der Waals surface area contributed by atoms with E-state index < -0.39 is 35.6 Å². The summed E-state index contributed by atoms with van der Waals surface area (Å²) in [5.41, 5.74) is 5.10. The largest absolute Gasteiger partial charge is 0.481 e. The van der Waals surface area contributed by atoms with E-state index in [1.54, 1.807) is 12.1 Å². The van der Waals surface area contributed by atoms with Gasteiger partial charge in [-0.05, 0) is 46.0 Å². The van der Waals surface area contributed by atoms with Gasteiger partial charge in [-0.2, -0.15) is 0 Å². The fourth-order valence-corrected chi connectivity index (χ4v) is 5.85. The van der Waals surface area contributed by atoms with Gasteiger partial charge in [0.2, 0.25) is 5.91 Å². The third-order valence-electron chi connectivity index (χ3n) is 7.59. The van der Waals surface area contributed by atoms with Crippen molar-refractivity contribution in [2.24, 2.45) is 11.8 Å². The topological polar surface area (TPSA) is 92.7 Å². The van der Waals surface area contributed by atoms with Gasteiger partial charge in [0.1, 0.15) is 5.75 Å². The molecule has 0 unspecified atom stereocenters. The lowest BCUT2D eigenvalue weighted by atomic mass is 9.52. The molecule has 4 aromatic rings. The van der Waals surface area contributed by atoms with Crippen LogP contribution in [0, 0.1) is 11.8 Å². The molecule has 0 bridgehead atoms. The SMILES string of the molecule is O=C1Cc2ccc(-c3cccc(OC(=O)C4[C@@H](c5ccccc5)C(C(=O)O)[C@@H]4c4ccccc4)c3)cc2N1. The van der Waals surface area contributed by atoms with Crippen LogP contribution in [0.25, 0.3) is 11.1 Å². The molecule has 6 nitrogen and oxygen atoms in total. The number of nitrogens with one attached hydrogen (secondary N) is 1. The average molecular weight is 504 g/mol. The fourth-order valence-electron chi connectivity index (χ4n) is 5.85. The maximum absolute atomic E-state index is 13.7. The van der Waals surface area contributed by atoms with Gasteiger partial charge in [-0.3, -0.25) is 14.4 Å². The van der Waals surface area contributed by atoms with E-state index in [0.29, 0.717) is 12.2 Å². The van der Waals surface area contributed by atoms with E-state index in [2.05, 4.69) is 5.32 Å². The molecule has 188 valence electrons. The first-order valence-electron chi connectivity index (χ1n) is 12.6. The van der Waals surface area contributed by atoms with E-state index in [4.69, 9.17) is 4.74 Å². The Morgan fingerprint density at radius 2 is 1.37 bits per heavy atom. The number of anilines is 1. The number of ether oxygens (including phenoxy) is 1. The molecule has 1 heterocycles. The number of hydrogen-bond donors (Lipinski definition) is 2. The lowest BCUT2D eigenvalue weighted by Gasteiger charge is -2.48. The van der Waals surface area contributed by atoms with Gasteiger partial charge in [-0.1, -0.05) is 84.9 Å². The molecule has 6 rings (SSSR count). The van der Waals surface area contributed by atoms with Crippen molar-refractivity contribution in [3.8, 4) is 16.9 Å². The summed E-state index contributed by atoms with van der Waals surface area (Å²) in [4.78, 5) is 37.8. The van der Waals surface area contributed by atoms with Crippen LogP contribution in [0.15, 0.2) is 103 Å². The molecule has 1 aliphatic heterocycles. The summed E-state index contributed by atoms with van der Waals surface area (Å²) >= 11 is 0.